The molecule has 190 valence electrons. The zero-order valence-electron chi connectivity index (χ0n) is 21.1. The van der Waals surface area contributed by atoms with E-state index in [0.29, 0.717) is 28.6 Å². The van der Waals surface area contributed by atoms with Crippen LogP contribution in [-0.4, -0.2) is 78.9 Å². The second kappa shape index (κ2) is 8.95. The summed E-state index contributed by atoms with van der Waals surface area (Å²) in [6.45, 7) is 3.89. The van der Waals surface area contributed by atoms with Crippen molar-refractivity contribution in [3.8, 4) is 0 Å². The Bertz CT molecular complexity index is 961. The standard InChI is InChI=1S/C28H39ClN4O2/c1-31(2)26(34)24-4-3-21(12-25(24)29)30-22-16-33(17-22)23-5-7-32(8-6-23)27(35)28-13-18-9-19(14-28)11-20(10-18)15-28/h3-4,12,18-20,22-23,30H,5-11,13-17H2,1-2H3. The highest BCUT2D eigenvalue weighted by atomic mass is 35.5. The third-order valence-electron chi connectivity index (χ3n) is 9.65. The zero-order valence-corrected chi connectivity index (χ0v) is 21.9. The van der Waals surface area contributed by atoms with Gasteiger partial charge in [0.25, 0.3) is 5.91 Å². The van der Waals surface area contributed by atoms with E-state index in [2.05, 4.69) is 15.1 Å². The van der Waals surface area contributed by atoms with Crippen molar-refractivity contribution < 1.29 is 9.59 Å². The maximum atomic E-state index is 13.7. The minimum absolute atomic E-state index is 0.00133. The number of anilines is 1. The third-order valence-corrected chi connectivity index (χ3v) is 9.96. The normalized spacial score (nSPS) is 33.0. The van der Waals surface area contributed by atoms with E-state index < -0.39 is 0 Å². The molecule has 0 spiro atoms. The second-order valence-electron chi connectivity index (χ2n) is 12.4. The lowest BCUT2D eigenvalue weighted by Crippen LogP contribution is -2.61. The number of amides is 2. The van der Waals surface area contributed by atoms with Crippen LogP contribution < -0.4 is 5.32 Å². The van der Waals surface area contributed by atoms with Crippen molar-refractivity contribution in [2.45, 2.75) is 63.5 Å². The van der Waals surface area contributed by atoms with Gasteiger partial charge >= 0.3 is 0 Å². The molecule has 0 unspecified atom stereocenters. The predicted molar refractivity (Wildman–Crippen MR) is 139 cm³/mol. The fourth-order valence-corrected chi connectivity index (χ4v) is 8.56. The molecule has 4 bridgehead atoms. The molecule has 35 heavy (non-hydrogen) atoms. The molecule has 1 N–H and O–H groups in total. The van der Waals surface area contributed by atoms with Gasteiger partial charge in [-0.3, -0.25) is 14.5 Å². The van der Waals surface area contributed by atoms with E-state index in [4.69, 9.17) is 11.6 Å². The molecular formula is C28H39ClN4O2. The first kappa shape index (κ1) is 23.6. The minimum atomic E-state index is -0.0793. The van der Waals surface area contributed by atoms with E-state index in [0.717, 1.165) is 62.5 Å². The molecule has 2 heterocycles. The van der Waals surface area contributed by atoms with E-state index in [1.807, 2.05) is 12.1 Å². The molecule has 4 saturated carbocycles. The fourth-order valence-electron chi connectivity index (χ4n) is 8.30. The van der Waals surface area contributed by atoms with Crippen LogP contribution in [0.15, 0.2) is 18.2 Å². The van der Waals surface area contributed by atoms with Gasteiger partial charge in [0.05, 0.1) is 22.0 Å². The van der Waals surface area contributed by atoms with E-state index >= 15 is 0 Å². The molecule has 2 saturated heterocycles. The molecule has 6 fully saturated rings. The van der Waals surface area contributed by atoms with Crippen molar-refractivity contribution in [3.63, 3.8) is 0 Å². The Kier molecular flexibility index (Phi) is 6.03. The largest absolute Gasteiger partial charge is 0.380 e. The molecule has 7 heteroatoms. The van der Waals surface area contributed by atoms with Crippen molar-refractivity contribution in [3.05, 3.63) is 28.8 Å². The molecule has 0 aromatic heterocycles. The van der Waals surface area contributed by atoms with Gasteiger partial charge in [0.15, 0.2) is 0 Å². The molecule has 2 amide bonds. The molecule has 1 aromatic rings. The summed E-state index contributed by atoms with van der Waals surface area (Å²) in [7, 11) is 3.47. The number of hydrogen-bond acceptors (Lipinski definition) is 4. The van der Waals surface area contributed by atoms with Gasteiger partial charge in [-0.25, -0.2) is 0 Å². The lowest BCUT2D eigenvalue weighted by atomic mass is 9.49. The Balaban J connectivity index is 0.980. The van der Waals surface area contributed by atoms with Crippen molar-refractivity contribution in [1.82, 2.24) is 14.7 Å². The molecule has 2 aliphatic heterocycles. The van der Waals surface area contributed by atoms with E-state index in [9.17, 15) is 9.59 Å². The van der Waals surface area contributed by atoms with Gasteiger partial charge in [0.1, 0.15) is 0 Å². The monoisotopic (exact) mass is 498 g/mol. The quantitative estimate of drug-likeness (QED) is 0.656. The number of benzene rings is 1. The number of nitrogens with zero attached hydrogens (tertiary/aromatic N) is 3. The van der Waals surface area contributed by atoms with Crippen molar-refractivity contribution in [2.75, 3.05) is 45.6 Å². The first-order valence-electron chi connectivity index (χ1n) is 13.6. The van der Waals surface area contributed by atoms with Crippen LogP contribution in [-0.2, 0) is 4.79 Å². The summed E-state index contributed by atoms with van der Waals surface area (Å²) in [6, 6.07) is 6.58. The number of nitrogens with one attached hydrogen (secondary N) is 1. The summed E-state index contributed by atoms with van der Waals surface area (Å²) in [4.78, 5) is 32.2. The Morgan fingerprint density at radius 1 is 1.00 bits per heavy atom. The predicted octanol–water partition coefficient (Wildman–Crippen LogP) is 4.35. The van der Waals surface area contributed by atoms with E-state index in [1.165, 1.54) is 38.5 Å². The topological polar surface area (TPSA) is 55.9 Å². The highest BCUT2D eigenvalue weighted by Crippen LogP contribution is 2.60. The second-order valence-corrected chi connectivity index (χ2v) is 12.8. The summed E-state index contributed by atoms with van der Waals surface area (Å²) >= 11 is 6.37. The highest BCUT2D eigenvalue weighted by Gasteiger charge is 2.55. The van der Waals surface area contributed by atoms with Crippen molar-refractivity contribution in [2.24, 2.45) is 23.2 Å². The molecule has 0 atom stereocenters. The first-order valence-corrected chi connectivity index (χ1v) is 14.0. The molecular weight excluding hydrogens is 460 g/mol. The van der Waals surface area contributed by atoms with Crippen LogP contribution >= 0.6 is 11.6 Å². The Hall–Kier alpha value is -1.79. The number of likely N-dealkylation sites (tertiary alicyclic amines) is 2. The Morgan fingerprint density at radius 3 is 2.14 bits per heavy atom. The lowest BCUT2D eigenvalue weighted by Gasteiger charge is -2.57. The average molecular weight is 499 g/mol. The molecule has 0 radical (unpaired) electrons. The number of hydrogen-bond donors (Lipinski definition) is 1. The zero-order chi connectivity index (χ0) is 24.3. The van der Waals surface area contributed by atoms with Crippen LogP contribution in [0.1, 0.15) is 61.7 Å². The fraction of sp³-hybridized carbons (Fsp3) is 0.714. The van der Waals surface area contributed by atoms with Gasteiger partial charge in [-0.2, -0.15) is 0 Å². The lowest BCUT2D eigenvalue weighted by molar-refractivity contribution is -0.159. The van der Waals surface area contributed by atoms with Gasteiger partial charge in [0, 0.05) is 52.0 Å². The van der Waals surface area contributed by atoms with Crippen LogP contribution in [0.4, 0.5) is 5.69 Å². The smallest absolute Gasteiger partial charge is 0.254 e. The van der Waals surface area contributed by atoms with E-state index in [1.54, 1.807) is 25.1 Å². The van der Waals surface area contributed by atoms with Crippen LogP contribution in [0.2, 0.25) is 5.02 Å². The average Bonchev–Trinajstić information content (AvgIpc) is 2.79. The van der Waals surface area contributed by atoms with Crippen molar-refractivity contribution in [1.29, 1.82) is 0 Å². The molecule has 4 aliphatic carbocycles. The van der Waals surface area contributed by atoms with Gasteiger partial charge in [-0.1, -0.05) is 11.6 Å². The summed E-state index contributed by atoms with van der Waals surface area (Å²) < 4.78 is 0. The summed E-state index contributed by atoms with van der Waals surface area (Å²) in [5, 5.41) is 4.06. The van der Waals surface area contributed by atoms with Gasteiger partial charge in [-0.15, -0.1) is 0 Å². The highest BCUT2D eigenvalue weighted by molar-refractivity contribution is 6.34. The van der Waals surface area contributed by atoms with Crippen molar-refractivity contribution >= 4 is 29.1 Å². The van der Waals surface area contributed by atoms with Gasteiger partial charge in [0.2, 0.25) is 5.91 Å². The third kappa shape index (κ3) is 4.35. The number of rotatable bonds is 5. The van der Waals surface area contributed by atoms with Crippen LogP contribution in [0.3, 0.4) is 0 Å². The number of carbonyl (C=O) groups excluding carboxylic acids is 2. The van der Waals surface area contributed by atoms with Crippen LogP contribution in [0.25, 0.3) is 0 Å². The minimum Gasteiger partial charge on any atom is -0.380 e. The molecule has 6 aliphatic rings. The van der Waals surface area contributed by atoms with Gasteiger partial charge in [-0.05, 0) is 87.3 Å². The Morgan fingerprint density at radius 2 is 1.60 bits per heavy atom. The molecule has 6 nitrogen and oxygen atoms in total. The maximum Gasteiger partial charge on any atom is 0.254 e. The SMILES string of the molecule is CN(C)C(=O)c1ccc(NC2CN(C3CCN(C(=O)C45CC6CC(CC(C6)C4)C5)CC3)C2)cc1Cl. The van der Waals surface area contributed by atoms with E-state index in [-0.39, 0.29) is 11.3 Å². The summed E-state index contributed by atoms with van der Waals surface area (Å²) in [5.41, 5.74) is 1.50. The van der Waals surface area contributed by atoms with Crippen LogP contribution in [0.5, 0.6) is 0 Å². The number of carbonyl (C=O) groups is 2. The molecule has 7 rings (SSSR count). The Labute approximate surface area is 214 Å². The maximum absolute atomic E-state index is 13.7. The summed E-state index contributed by atoms with van der Waals surface area (Å²) in [6.07, 6.45) is 9.88. The first-order chi connectivity index (χ1) is 16.8. The van der Waals surface area contributed by atoms with Crippen LogP contribution in [0, 0.1) is 23.2 Å². The number of halogens is 1. The van der Waals surface area contributed by atoms with Gasteiger partial charge < -0.3 is 15.1 Å². The number of piperidine rings is 1. The summed E-state index contributed by atoms with van der Waals surface area (Å²) in [5.74, 6) is 2.91. The molecule has 1 aromatic carbocycles.